The quantitative estimate of drug-likeness (QED) is 0.662. The van der Waals surface area contributed by atoms with Crippen LogP contribution in [0.25, 0.3) is 0 Å². The summed E-state index contributed by atoms with van der Waals surface area (Å²) < 4.78 is 22.2. The first-order valence-electron chi connectivity index (χ1n) is 10.7. The molecule has 2 N–H and O–H groups in total. The molecule has 2 saturated heterocycles. The van der Waals surface area contributed by atoms with Crippen molar-refractivity contribution < 1.29 is 28.5 Å². The minimum absolute atomic E-state index is 0.250. The van der Waals surface area contributed by atoms with Crippen molar-refractivity contribution in [1.29, 1.82) is 0 Å². The molecule has 3 aliphatic rings. The van der Waals surface area contributed by atoms with Crippen LogP contribution in [0.3, 0.4) is 0 Å². The number of rotatable bonds is 6. The molecular weight excluding hydrogens is 402 g/mol. The average Bonchev–Trinajstić information content (AvgIpc) is 3.23. The van der Waals surface area contributed by atoms with E-state index in [1.165, 1.54) is 0 Å². The van der Waals surface area contributed by atoms with Gasteiger partial charge in [0.1, 0.15) is 5.75 Å². The Morgan fingerprint density at radius 3 is 2.48 bits per heavy atom. The Labute approximate surface area is 181 Å². The number of piperidine rings is 1. The van der Waals surface area contributed by atoms with Crippen molar-refractivity contribution >= 4 is 12.0 Å². The van der Waals surface area contributed by atoms with Gasteiger partial charge in [0.05, 0.1) is 38.5 Å². The van der Waals surface area contributed by atoms with Crippen LogP contribution in [0.4, 0.5) is 4.79 Å². The average molecular weight is 431 g/mol. The van der Waals surface area contributed by atoms with E-state index in [9.17, 15) is 9.59 Å². The number of ether oxygens (including phenoxy) is 4. The highest BCUT2D eigenvalue weighted by Crippen LogP contribution is 2.33. The molecule has 1 spiro atoms. The van der Waals surface area contributed by atoms with Gasteiger partial charge >= 0.3 is 12.0 Å². The fraction of sp³-hybridized carbons (Fsp3) is 0.545. The Bertz CT molecular complexity index is 837. The number of carbonyl (C=O) groups excluding carboxylic acids is 2. The van der Waals surface area contributed by atoms with Crippen molar-refractivity contribution in [3.63, 3.8) is 0 Å². The van der Waals surface area contributed by atoms with Crippen molar-refractivity contribution in [1.82, 2.24) is 15.5 Å². The molecule has 0 aromatic heterocycles. The monoisotopic (exact) mass is 431 g/mol. The van der Waals surface area contributed by atoms with E-state index in [-0.39, 0.29) is 12.6 Å². The van der Waals surface area contributed by atoms with Gasteiger partial charge in [-0.15, -0.1) is 0 Å². The molecule has 1 atom stereocenters. The van der Waals surface area contributed by atoms with Crippen molar-refractivity contribution in [2.24, 2.45) is 0 Å². The minimum Gasteiger partial charge on any atom is -0.497 e. The molecule has 1 aromatic carbocycles. The highest BCUT2D eigenvalue weighted by Gasteiger charge is 2.41. The van der Waals surface area contributed by atoms with Gasteiger partial charge in [0.25, 0.3) is 0 Å². The molecule has 0 bridgehead atoms. The summed E-state index contributed by atoms with van der Waals surface area (Å²) in [7, 11) is 1.59. The van der Waals surface area contributed by atoms with Gasteiger partial charge in [-0.05, 0) is 24.6 Å². The molecule has 0 saturated carbocycles. The maximum Gasteiger partial charge on any atom is 0.338 e. The Morgan fingerprint density at radius 2 is 1.87 bits per heavy atom. The highest BCUT2D eigenvalue weighted by atomic mass is 16.7. The van der Waals surface area contributed by atoms with E-state index in [0.717, 1.165) is 31.5 Å². The van der Waals surface area contributed by atoms with Crippen LogP contribution in [0.2, 0.25) is 0 Å². The Balaban J connectivity index is 1.59. The second-order valence-electron chi connectivity index (χ2n) is 7.80. The molecule has 2 fully saturated rings. The topological polar surface area (TPSA) is 98.4 Å². The van der Waals surface area contributed by atoms with E-state index in [1.54, 1.807) is 26.2 Å². The molecule has 0 radical (unpaired) electrons. The third-order valence-corrected chi connectivity index (χ3v) is 5.91. The van der Waals surface area contributed by atoms with Crippen LogP contribution < -0.4 is 15.4 Å². The van der Waals surface area contributed by atoms with E-state index in [0.29, 0.717) is 36.8 Å². The van der Waals surface area contributed by atoms with Gasteiger partial charge in [-0.25, -0.2) is 9.59 Å². The van der Waals surface area contributed by atoms with Gasteiger partial charge in [0.15, 0.2) is 5.79 Å². The molecule has 1 unspecified atom stereocenters. The summed E-state index contributed by atoms with van der Waals surface area (Å²) in [5.74, 6) is -0.219. The summed E-state index contributed by atoms with van der Waals surface area (Å²) in [6.07, 6.45) is 1.51. The molecule has 1 aromatic rings. The van der Waals surface area contributed by atoms with Crippen molar-refractivity contribution in [2.75, 3.05) is 46.6 Å². The summed E-state index contributed by atoms with van der Waals surface area (Å²) in [6.45, 7) is 5.20. The normalized spacial score (nSPS) is 23.4. The maximum absolute atomic E-state index is 12.9. The first-order valence-corrected chi connectivity index (χ1v) is 10.7. The zero-order chi connectivity index (χ0) is 21.8. The van der Waals surface area contributed by atoms with E-state index >= 15 is 0 Å². The summed E-state index contributed by atoms with van der Waals surface area (Å²) >= 11 is 0. The number of methoxy groups -OCH3 is 1. The fourth-order valence-electron chi connectivity index (χ4n) is 4.30. The number of nitrogens with one attached hydrogen (secondary N) is 2. The van der Waals surface area contributed by atoms with E-state index < -0.39 is 17.8 Å². The second kappa shape index (κ2) is 9.25. The Kier molecular flexibility index (Phi) is 6.45. The van der Waals surface area contributed by atoms with Crippen LogP contribution in [0, 0.1) is 0 Å². The van der Waals surface area contributed by atoms with Gasteiger partial charge in [-0.1, -0.05) is 12.1 Å². The summed E-state index contributed by atoms with van der Waals surface area (Å²) in [6, 6.07) is 6.33. The van der Waals surface area contributed by atoms with Crippen LogP contribution in [-0.2, 0) is 19.0 Å². The lowest BCUT2D eigenvalue weighted by Crippen LogP contribution is -2.51. The van der Waals surface area contributed by atoms with Crippen LogP contribution >= 0.6 is 0 Å². The number of hydrogen-bond donors (Lipinski definition) is 2. The van der Waals surface area contributed by atoms with Gasteiger partial charge < -0.3 is 29.6 Å². The van der Waals surface area contributed by atoms with Crippen molar-refractivity contribution in [3.8, 4) is 5.75 Å². The van der Waals surface area contributed by atoms with Crippen molar-refractivity contribution in [2.45, 2.75) is 31.6 Å². The zero-order valence-corrected chi connectivity index (χ0v) is 17.9. The zero-order valence-electron chi connectivity index (χ0n) is 17.9. The van der Waals surface area contributed by atoms with Gasteiger partial charge in [-0.3, -0.25) is 4.90 Å². The van der Waals surface area contributed by atoms with Crippen LogP contribution in [-0.4, -0.2) is 69.3 Å². The number of esters is 1. The molecule has 168 valence electrons. The first kappa shape index (κ1) is 21.6. The molecule has 0 aliphatic carbocycles. The van der Waals surface area contributed by atoms with Gasteiger partial charge in [-0.2, -0.15) is 0 Å². The number of hydrogen-bond acceptors (Lipinski definition) is 7. The SMILES string of the molecule is CCOC(=O)C1=C(CN2CCC3(CC2)OCCO3)NC(=O)NC1c1ccc(OC)cc1. The molecule has 3 aliphatic heterocycles. The van der Waals surface area contributed by atoms with Crippen LogP contribution in [0.15, 0.2) is 35.5 Å². The molecule has 9 nitrogen and oxygen atoms in total. The summed E-state index contributed by atoms with van der Waals surface area (Å²) in [5.41, 5.74) is 1.76. The van der Waals surface area contributed by atoms with Crippen LogP contribution in [0.1, 0.15) is 31.4 Å². The number of likely N-dealkylation sites (tertiary alicyclic amines) is 1. The molecular formula is C22H29N3O6. The molecule has 31 heavy (non-hydrogen) atoms. The number of amides is 2. The van der Waals surface area contributed by atoms with Crippen LogP contribution in [0.5, 0.6) is 5.75 Å². The van der Waals surface area contributed by atoms with Gasteiger partial charge in [0, 0.05) is 38.2 Å². The Hall–Kier alpha value is -2.62. The lowest BCUT2D eigenvalue weighted by Gasteiger charge is -2.39. The summed E-state index contributed by atoms with van der Waals surface area (Å²) in [4.78, 5) is 27.6. The largest absolute Gasteiger partial charge is 0.497 e. The molecule has 4 rings (SSSR count). The third-order valence-electron chi connectivity index (χ3n) is 5.91. The smallest absolute Gasteiger partial charge is 0.338 e. The standard InChI is InChI=1S/C22H29N3O6/c1-3-29-20(26)18-17(14-25-10-8-22(9-11-25)30-12-13-31-22)23-21(27)24-19(18)15-4-6-16(28-2)7-5-15/h4-7,19H,3,8-14H2,1-2H3,(H2,23,24,27). The van der Waals surface area contributed by atoms with Gasteiger partial charge in [0.2, 0.25) is 0 Å². The third kappa shape index (κ3) is 4.68. The molecule has 3 heterocycles. The predicted molar refractivity (Wildman–Crippen MR) is 111 cm³/mol. The lowest BCUT2D eigenvalue weighted by atomic mass is 9.94. The van der Waals surface area contributed by atoms with E-state index in [2.05, 4.69) is 15.5 Å². The van der Waals surface area contributed by atoms with E-state index in [4.69, 9.17) is 18.9 Å². The predicted octanol–water partition coefficient (Wildman–Crippen LogP) is 1.71. The Morgan fingerprint density at radius 1 is 1.19 bits per heavy atom. The lowest BCUT2D eigenvalue weighted by molar-refractivity contribution is -0.184. The first-order chi connectivity index (χ1) is 15.0. The number of carbonyl (C=O) groups is 2. The fourth-order valence-corrected chi connectivity index (χ4v) is 4.30. The minimum atomic E-state index is -0.605. The van der Waals surface area contributed by atoms with E-state index in [1.807, 2.05) is 12.1 Å². The van der Waals surface area contributed by atoms with Crippen molar-refractivity contribution in [3.05, 3.63) is 41.1 Å². The molecule has 9 heteroatoms. The number of benzene rings is 1. The number of nitrogens with zero attached hydrogens (tertiary/aromatic N) is 1. The highest BCUT2D eigenvalue weighted by molar-refractivity contribution is 5.95. The number of urea groups is 1. The summed E-state index contributed by atoms with van der Waals surface area (Å²) in [5, 5.41) is 5.69. The second-order valence-corrected chi connectivity index (χ2v) is 7.80. The maximum atomic E-state index is 12.9. The molecule has 2 amide bonds.